The van der Waals surface area contributed by atoms with Crippen LogP contribution in [0.15, 0.2) is 42.5 Å². The van der Waals surface area contributed by atoms with Crippen molar-refractivity contribution in [2.75, 3.05) is 43.1 Å². The van der Waals surface area contributed by atoms with Gasteiger partial charge >= 0.3 is 0 Å². The highest BCUT2D eigenvalue weighted by Gasteiger charge is 2.39. The van der Waals surface area contributed by atoms with Gasteiger partial charge in [-0.3, -0.25) is 4.79 Å². The molecule has 0 saturated carbocycles. The third-order valence-corrected chi connectivity index (χ3v) is 10.6. The molecule has 1 aliphatic rings. The summed E-state index contributed by atoms with van der Waals surface area (Å²) in [7, 11) is -1.99. The number of amides is 1. The second kappa shape index (κ2) is 10.1. The Bertz CT molecular complexity index is 940. The lowest BCUT2D eigenvalue weighted by Gasteiger charge is -2.37. The SMILES string of the molecule is CC(C)(C)[Si](C)(C)Oc1ccc(NC(=O)COc2ccccc2Cl)c(N2CCOCC2)c1. The van der Waals surface area contributed by atoms with E-state index in [2.05, 4.69) is 44.1 Å². The molecular weight excluding hydrogens is 444 g/mol. The van der Waals surface area contributed by atoms with Crippen LogP contribution < -0.4 is 19.4 Å². The first-order valence-electron chi connectivity index (χ1n) is 10.9. The normalized spacial score (nSPS) is 14.8. The number of carbonyl (C=O) groups is 1. The number of nitrogens with one attached hydrogen (secondary N) is 1. The number of rotatable bonds is 7. The molecule has 0 unspecified atom stereocenters. The number of hydrogen-bond acceptors (Lipinski definition) is 5. The van der Waals surface area contributed by atoms with Gasteiger partial charge in [-0.1, -0.05) is 44.5 Å². The van der Waals surface area contributed by atoms with Crippen molar-refractivity contribution in [1.82, 2.24) is 0 Å². The van der Waals surface area contributed by atoms with Crippen LogP contribution in [-0.2, 0) is 9.53 Å². The van der Waals surface area contributed by atoms with Crippen LogP contribution in [0, 0.1) is 0 Å². The van der Waals surface area contributed by atoms with E-state index >= 15 is 0 Å². The highest BCUT2D eigenvalue weighted by Crippen LogP contribution is 2.39. The fourth-order valence-corrected chi connectivity index (χ4v) is 4.30. The molecule has 2 aromatic rings. The van der Waals surface area contributed by atoms with Gasteiger partial charge in [0.2, 0.25) is 8.32 Å². The predicted octanol–water partition coefficient (Wildman–Crippen LogP) is 5.58. The minimum atomic E-state index is -1.99. The van der Waals surface area contributed by atoms with Crippen LogP contribution in [0.2, 0.25) is 23.2 Å². The van der Waals surface area contributed by atoms with Gasteiger partial charge in [0.1, 0.15) is 11.5 Å². The molecule has 1 aliphatic heterocycles. The van der Waals surface area contributed by atoms with Crippen LogP contribution in [0.3, 0.4) is 0 Å². The standard InChI is InChI=1S/C24H33ClN2O4Si/c1-24(2,3)32(4,5)31-18-10-11-20(21(16-18)27-12-14-29-15-13-27)26-23(28)17-30-22-9-7-6-8-19(22)25/h6-11,16H,12-15,17H2,1-5H3,(H,26,28). The lowest BCUT2D eigenvalue weighted by atomic mass is 10.2. The molecule has 1 heterocycles. The van der Waals surface area contributed by atoms with Gasteiger partial charge in [0, 0.05) is 19.2 Å². The quantitative estimate of drug-likeness (QED) is 0.528. The molecule has 6 nitrogen and oxygen atoms in total. The summed E-state index contributed by atoms with van der Waals surface area (Å²) in [4.78, 5) is 14.8. The number of anilines is 2. The van der Waals surface area contributed by atoms with Gasteiger partial charge < -0.3 is 24.1 Å². The number of para-hydroxylation sites is 1. The van der Waals surface area contributed by atoms with Crippen molar-refractivity contribution in [2.45, 2.75) is 38.9 Å². The largest absolute Gasteiger partial charge is 0.543 e. The van der Waals surface area contributed by atoms with Crippen molar-refractivity contribution < 1.29 is 18.7 Å². The molecule has 1 fully saturated rings. The lowest BCUT2D eigenvalue weighted by Crippen LogP contribution is -2.44. The molecule has 0 radical (unpaired) electrons. The van der Waals surface area contributed by atoms with Crippen molar-refractivity contribution in [3.63, 3.8) is 0 Å². The van der Waals surface area contributed by atoms with Crippen molar-refractivity contribution in [3.8, 4) is 11.5 Å². The van der Waals surface area contributed by atoms with Crippen LogP contribution in [0.1, 0.15) is 20.8 Å². The van der Waals surface area contributed by atoms with E-state index in [-0.39, 0.29) is 17.6 Å². The third-order valence-electron chi connectivity index (χ3n) is 5.97. The van der Waals surface area contributed by atoms with Crippen molar-refractivity contribution in [1.29, 1.82) is 0 Å². The molecule has 174 valence electrons. The average Bonchev–Trinajstić information content (AvgIpc) is 2.74. The average molecular weight is 477 g/mol. The van der Waals surface area contributed by atoms with E-state index in [4.69, 9.17) is 25.5 Å². The second-order valence-corrected chi connectivity index (χ2v) is 14.5. The van der Waals surface area contributed by atoms with E-state index in [1.165, 1.54) is 0 Å². The van der Waals surface area contributed by atoms with Crippen LogP contribution in [0.5, 0.6) is 11.5 Å². The Kier molecular flexibility index (Phi) is 7.74. The first kappa shape index (κ1) is 24.4. The summed E-state index contributed by atoms with van der Waals surface area (Å²) in [6.07, 6.45) is 0. The highest BCUT2D eigenvalue weighted by atomic mass is 35.5. The Morgan fingerprint density at radius 3 is 2.50 bits per heavy atom. The summed E-state index contributed by atoms with van der Waals surface area (Å²) in [6, 6.07) is 13.0. The molecule has 0 bridgehead atoms. The minimum Gasteiger partial charge on any atom is -0.543 e. The molecule has 8 heteroatoms. The lowest BCUT2D eigenvalue weighted by molar-refractivity contribution is -0.118. The molecule has 1 N–H and O–H groups in total. The van der Waals surface area contributed by atoms with E-state index in [0.717, 1.165) is 30.2 Å². The number of halogens is 1. The first-order valence-corrected chi connectivity index (χ1v) is 14.2. The van der Waals surface area contributed by atoms with Crippen molar-refractivity contribution in [3.05, 3.63) is 47.5 Å². The Balaban J connectivity index is 1.78. The van der Waals surface area contributed by atoms with Gasteiger partial charge in [0.25, 0.3) is 5.91 Å². The smallest absolute Gasteiger partial charge is 0.262 e. The summed E-state index contributed by atoms with van der Waals surface area (Å²) in [5.41, 5.74) is 1.65. The maximum atomic E-state index is 12.6. The molecule has 0 aromatic heterocycles. The van der Waals surface area contributed by atoms with Gasteiger partial charge in [-0.05, 0) is 42.4 Å². The summed E-state index contributed by atoms with van der Waals surface area (Å²) in [6.45, 7) is 13.8. The predicted molar refractivity (Wildman–Crippen MR) is 133 cm³/mol. The number of morpholine rings is 1. The van der Waals surface area contributed by atoms with Crippen LogP contribution in [0.25, 0.3) is 0 Å². The number of nitrogens with zero attached hydrogens (tertiary/aromatic N) is 1. The fourth-order valence-electron chi connectivity index (χ4n) is 3.09. The van der Waals surface area contributed by atoms with Gasteiger partial charge in [-0.2, -0.15) is 0 Å². The minimum absolute atomic E-state index is 0.0923. The van der Waals surface area contributed by atoms with E-state index < -0.39 is 8.32 Å². The molecule has 3 rings (SSSR count). The van der Waals surface area contributed by atoms with E-state index in [1.807, 2.05) is 30.3 Å². The molecule has 32 heavy (non-hydrogen) atoms. The first-order chi connectivity index (χ1) is 15.1. The number of hydrogen-bond donors (Lipinski definition) is 1. The molecule has 1 amide bonds. The zero-order chi connectivity index (χ0) is 23.4. The van der Waals surface area contributed by atoms with E-state index in [1.54, 1.807) is 12.1 Å². The summed E-state index contributed by atoms with van der Waals surface area (Å²) in [5.74, 6) is 1.05. The zero-order valence-corrected chi connectivity index (χ0v) is 21.3. The van der Waals surface area contributed by atoms with Gasteiger partial charge in [-0.15, -0.1) is 0 Å². The highest BCUT2D eigenvalue weighted by molar-refractivity contribution is 6.74. The van der Waals surface area contributed by atoms with Gasteiger partial charge in [0.15, 0.2) is 6.61 Å². The zero-order valence-electron chi connectivity index (χ0n) is 19.5. The Labute approximate surface area is 196 Å². The van der Waals surface area contributed by atoms with Crippen molar-refractivity contribution >= 4 is 37.2 Å². The molecule has 0 aliphatic carbocycles. The molecular formula is C24H33ClN2O4Si. The van der Waals surface area contributed by atoms with Crippen LogP contribution in [-0.4, -0.2) is 47.1 Å². The Morgan fingerprint density at radius 2 is 1.84 bits per heavy atom. The summed E-state index contributed by atoms with van der Waals surface area (Å²) in [5, 5.41) is 3.55. The summed E-state index contributed by atoms with van der Waals surface area (Å²) < 4.78 is 17.6. The van der Waals surface area contributed by atoms with E-state index in [9.17, 15) is 4.79 Å². The topological polar surface area (TPSA) is 60.0 Å². The monoisotopic (exact) mass is 476 g/mol. The van der Waals surface area contributed by atoms with Crippen LogP contribution >= 0.6 is 11.6 Å². The molecule has 1 saturated heterocycles. The van der Waals surface area contributed by atoms with E-state index in [0.29, 0.717) is 24.0 Å². The van der Waals surface area contributed by atoms with Crippen LogP contribution in [0.4, 0.5) is 11.4 Å². The molecule has 0 spiro atoms. The number of ether oxygens (including phenoxy) is 2. The second-order valence-electron chi connectivity index (χ2n) is 9.41. The maximum Gasteiger partial charge on any atom is 0.262 e. The summed E-state index contributed by atoms with van der Waals surface area (Å²) >= 11 is 6.11. The Morgan fingerprint density at radius 1 is 1.16 bits per heavy atom. The van der Waals surface area contributed by atoms with Gasteiger partial charge in [0.05, 0.1) is 29.6 Å². The molecule has 2 aromatic carbocycles. The van der Waals surface area contributed by atoms with Crippen molar-refractivity contribution in [2.24, 2.45) is 0 Å². The fraction of sp³-hybridized carbons (Fsp3) is 0.458. The third kappa shape index (κ3) is 6.18. The number of carbonyl (C=O) groups excluding carboxylic acids is 1. The number of benzene rings is 2. The Hall–Kier alpha value is -2.22. The molecule has 0 atom stereocenters. The maximum absolute atomic E-state index is 12.6. The van der Waals surface area contributed by atoms with Gasteiger partial charge in [-0.25, -0.2) is 0 Å².